The summed E-state index contributed by atoms with van der Waals surface area (Å²) in [4.78, 5) is 13.1. The Balaban J connectivity index is 0.00000533. The Labute approximate surface area is 254 Å². The van der Waals surface area contributed by atoms with Crippen LogP contribution in [0.4, 0.5) is 5.69 Å². The summed E-state index contributed by atoms with van der Waals surface area (Å²) in [6.07, 6.45) is 15.6. The number of anilines is 1. The Morgan fingerprint density at radius 1 is 0.897 bits per heavy atom. The Kier molecular flexibility index (Phi) is 16.4. The van der Waals surface area contributed by atoms with E-state index in [4.69, 9.17) is 16.3 Å². The first-order chi connectivity index (χ1) is 18.6. The number of nitrogens with zero attached hydrogens (tertiary/aromatic N) is 1. The van der Waals surface area contributed by atoms with E-state index < -0.39 is 0 Å². The van der Waals surface area contributed by atoms with Crippen molar-refractivity contribution in [1.29, 1.82) is 0 Å². The van der Waals surface area contributed by atoms with Gasteiger partial charge in [-0.25, -0.2) is 0 Å². The second-order valence-electron chi connectivity index (χ2n) is 10.1. The van der Waals surface area contributed by atoms with Crippen molar-refractivity contribution in [3.63, 3.8) is 0 Å². The van der Waals surface area contributed by atoms with Crippen molar-refractivity contribution in [3.05, 3.63) is 75.2 Å². The molecule has 3 rings (SSSR count). The van der Waals surface area contributed by atoms with E-state index in [2.05, 4.69) is 34.6 Å². The number of amides is 1. The van der Waals surface area contributed by atoms with E-state index in [1.807, 2.05) is 24.3 Å². The van der Waals surface area contributed by atoms with Crippen molar-refractivity contribution in [2.24, 2.45) is 0 Å². The standard InChI is InChI=1S/C32H43ClN2O2S.BrH/c1-3-4-5-6-7-8-9-10-11-12-13-14-22-37-31-29(16-15-17-30(31)33)32(36)34-28-20-18-27(19-21-28)23-35-25-38-24-26(35)2;/h15-21,24-25H,3-14,22-23H2,1-2H3;1H. The molecule has 0 aliphatic rings. The zero-order valence-electron chi connectivity index (χ0n) is 23.5. The number of unbranched alkanes of at least 4 members (excludes halogenated alkanes) is 11. The number of ether oxygens (including phenoxy) is 1. The lowest BCUT2D eigenvalue weighted by molar-refractivity contribution is -0.689. The molecule has 1 aromatic heterocycles. The van der Waals surface area contributed by atoms with E-state index in [-0.39, 0.29) is 22.9 Å². The molecule has 7 heteroatoms. The lowest BCUT2D eigenvalue weighted by Crippen LogP contribution is -3.00. The summed E-state index contributed by atoms with van der Waals surface area (Å²) in [6, 6.07) is 13.3. The quantitative estimate of drug-likeness (QED) is 0.130. The van der Waals surface area contributed by atoms with Crippen molar-refractivity contribution in [2.45, 2.75) is 97.4 Å². The first-order valence-electron chi connectivity index (χ1n) is 14.3. The number of para-hydroxylation sites is 1. The van der Waals surface area contributed by atoms with Gasteiger partial charge in [0, 0.05) is 18.2 Å². The number of rotatable bonds is 18. The second kappa shape index (κ2) is 19.2. The van der Waals surface area contributed by atoms with Gasteiger partial charge in [-0.1, -0.05) is 119 Å². The van der Waals surface area contributed by atoms with Crippen LogP contribution in [-0.4, -0.2) is 12.5 Å². The van der Waals surface area contributed by atoms with E-state index in [1.165, 1.54) is 75.5 Å². The van der Waals surface area contributed by atoms with Gasteiger partial charge in [0.2, 0.25) is 5.51 Å². The molecule has 0 spiro atoms. The predicted octanol–water partition coefficient (Wildman–Crippen LogP) is 6.38. The smallest absolute Gasteiger partial charge is 0.259 e. The van der Waals surface area contributed by atoms with Gasteiger partial charge in [-0.15, -0.1) is 0 Å². The molecular formula is C32H44BrClN2O2S. The highest BCUT2D eigenvalue weighted by molar-refractivity contribution is 7.07. The molecule has 2 aromatic carbocycles. The van der Waals surface area contributed by atoms with Crippen LogP contribution in [0.15, 0.2) is 53.4 Å². The molecule has 39 heavy (non-hydrogen) atoms. The highest BCUT2D eigenvalue weighted by Crippen LogP contribution is 2.30. The average molecular weight is 636 g/mol. The molecule has 0 saturated heterocycles. The first kappa shape index (κ1) is 33.3. The number of thiazole rings is 1. The molecule has 1 amide bonds. The number of hydrogen-bond acceptors (Lipinski definition) is 3. The van der Waals surface area contributed by atoms with E-state index in [9.17, 15) is 4.79 Å². The van der Waals surface area contributed by atoms with E-state index in [1.54, 1.807) is 29.5 Å². The van der Waals surface area contributed by atoms with Gasteiger partial charge in [0.15, 0.2) is 18.0 Å². The van der Waals surface area contributed by atoms with Crippen LogP contribution >= 0.6 is 22.9 Å². The number of carbonyl (C=O) groups excluding carboxylic acids is 1. The van der Waals surface area contributed by atoms with Gasteiger partial charge in [-0.3, -0.25) is 4.79 Å². The predicted molar refractivity (Wildman–Crippen MR) is 161 cm³/mol. The summed E-state index contributed by atoms with van der Waals surface area (Å²) in [5.41, 5.74) is 5.75. The Morgan fingerprint density at radius 2 is 1.51 bits per heavy atom. The van der Waals surface area contributed by atoms with Crippen LogP contribution < -0.4 is 31.6 Å². The summed E-state index contributed by atoms with van der Waals surface area (Å²) in [5, 5.41) is 5.59. The van der Waals surface area contributed by atoms with Crippen molar-refractivity contribution in [2.75, 3.05) is 11.9 Å². The van der Waals surface area contributed by atoms with Gasteiger partial charge in [0.25, 0.3) is 5.91 Å². The Hall–Kier alpha value is -1.89. The molecule has 0 fully saturated rings. The van der Waals surface area contributed by atoms with Gasteiger partial charge < -0.3 is 27.0 Å². The highest BCUT2D eigenvalue weighted by Gasteiger charge is 2.16. The van der Waals surface area contributed by atoms with Crippen molar-refractivity contribution in [3.8, 4) is 5.75 Å². The van der Waals surface area contributed by atoms with Crippen LogP contribution in [0.3, 0.4) is 0 Å². The van der Waals surface area contributed by atoms with Crippen molar-refractivity contribution < 1.29 is 31.1 Å². The molecular weight excluding hydrogens is 592 g/mol. The van der Waals surface area contributed by atoms with Gasteiger partial charge in [-0.2, -0.15) is 4.57 Å². The molecule has 0 bridgehead atoms. The number of halogens is 2. The molecule has 0 unspecified atom stereocenters. The van der Waals surface area contributed by atoms with Gasteiger partial charge in [0.1, 0.15) is 0 Å². The normalized spacial score (nSPS) is 10.7. The molecule has 0 saturated carbocycles. The van der Waals surface area contributed by atoms with Crippen LogP contribution in [-0.2, 0) is 6.54 Å². The largest absolute Gasteiger partial charge is 1.00 e. The van der Waals surface area contributed by atoms with Crippen molar-refractivity contribution in [1.82, 2.24) is 0 Å². The second-order valence-corrected chi connectivity index (χ2v) is 11.3. The number of aromatic nitrogens is 1. The fraction of sp³-hybridized carbons (Fsp3) is 0.500. The van der Waals surface area contributed by atoms with Gasteiger partial charge >= 0.3 is 0 Å². The van der Waals surface area contributed by atoms with Gasteiger partial charge in [0.05, 0.1) is 22.6 Å². The molecule has 1 N–H and O–H groups in total. The number of carbonyl (C=O) groups is 1. The summed E-state index contributed by atoms with van der Waals surface area (Å²) in [5.74, 6) is 0.253. The topological polar surface area (TPSA) is 42.2 Å². The highest BCUT2D eigenvalue weighted by atomic mass is 79.9. The minimum atomic E-state index is -0.215. The Morgan fingerprint density at radius 3 is 2.10 bits per heavy atom. The van der Waals surface area contributed by atoms with Gasteiger partial charge in [-0.05, 0) is 30.7 Å². The summed E-state index contributed by atoms with van der Waals surface area (Å²) >= 11 is 8.12. The third-order valence-corrected chi connectivity index (χ3v) is 8.05. The third-order valence-electron chi connectivity index (χ3n) is 6.90. The number of benzene rings is 2. The fourth-order valence-corrected chi connectivity index (χ4v) is 5.57. The van der Waals surface area contributed by atoms with E-state index >= 15 is 0 Å². The van der Waals surface area contributed by atoms with Crippen LogP contribution in [0.25, 0.3) is 0 Å². The zero-order valence-corrected chi connectivity index (χ0v) is 26.7. The zero-order chi connectivity index (χ0) is 27.0. The van der Waals surface area contributed by atoms with E-state index in [0.29, 0.717) is 22.9 Å². The third kappa shape index (κ3) is 12.0. The molecule has 0 atom stereocenters. The fourth-order valence-electron chi connectivity index (χ4n) is 4.56. The minimum absolute atomic E-state index is 0. The maximum atomic E-state index is 13.1. The number of aryl methyl sites for hydroxylation is 1. The SMILES string of the molecule is CCCCCCCCCCCCCCOc1c(Cl)cccc1C(=O)Nc1ccc(C[n+]2cscc2C)cc1.[Br-]. The van der Waals surface area contributed by atoms with Crippen LogP contribution in [0, 0.1) is 6.92 Å². The number of nitrogens with one attached hydrogen (secondary N) is 1. The minimum Gasteiger partial charge on any atom is -1.00 e. The number of hydrogen-bond donors (Lipinski definition) is 1. The lowest BCUT2D eigenvalue weighted by Gasteiger charge is -2.13. The van der Waals surface area contributed by atoms with Crippen LogP contribution in [0.1, 0.15) is 106 Å². The van der Waals surface area contributed by atoms with Crippen LogP contribution in [0.2, 0.25) is 5.02 Å². The molecule has 0 radical (unpaired) electrons. The molecule has 0 aliphatic carbocycles. The lowest BCUT2D eigenvalue weighted by atomic mass is 10.1. The molecule has 3 aromatic rings. The first-order valence-corrected chi connectivity index (χ1v) is 15.6. The molecule has 1 heterocycles. The monoisotopic (exact) mass is 634 g/mol. The summed E-state index contributed by atoms with van der Waals surface area (Å²) < 4.78 is 8.23. The molecule has 214 valence electrons. The molecule has 4 nitrogen and oxygen atoms in total. The van der Waals surface area contributed by atoms with E-state index in [0.717, 1.165) is 25.1 Å². The maximum Gasteiger partial charge on any atom is 0.259 e. The van der Waals surface area contributed by atoms with Crippen LogP contribution in [0.5, 0.6) is 5.75 Å². The summed E-state index contributed by atoms with van der Waals surface area (Å²) in [7, 11) is 0. The maximum absolute atomic E-state index is 13.1. The van der Waals surface area contributed by atoms with Crippen molar-refractivity contribution >= 4 is 34.5 Å². The summed E-state index contributed by atoms with van der Waals surface area (Å²) in [6.45, 7) is 5.75. The molecule has 0 aliphatic heterocycles. The Bertz CT molecular complexity index is 1100. The average Bonchev–Trinajstić information content (AvgIpc) is 3.32.